The molecule has 0 radical (unpaired) electrons. The van der Waals surface area contributed by atoms with Crippen LogP contribution in [0.3, 0.4) is 0 Å². The van der Waals surface area contributed by atoms with Crippen LogP contribution < -0.4 is 10.6 Å². The van der Waals surface area contributed by atoms with E-state index in [0.717, 1.165) is 0 Å². The number of hydrogen-bond donors (Lipinski definition) is 2. The number of nitrogens with zero attached hydrogens (tertiary/aromatic N) is 3. The van der Waals surface area contributed by atoms with Gasteiger partial charge in [-0.05, 0) is 18.2 Å². The summed E-state index contributed by atoms with van der Waals surface area (Å²) in [5.74, 6) is -0.276. The molecule has 3 N–H and O–H groups in total. The largest absolute Gasteiger partial charge is 0.397 e. The Morgan fingerprint density at radius 1 is 1.26 bits per heavy atom. The van der Waals surface area contributed by atoms with Crippen LogP contribution in [-0.4, -0.2) is 34.4 Å². The van der Waals surface area contributed by atoms with Crippen molar-refractivity contribution in [3.63, 3.8) is 0 Å². The molecule has 0 saturated carbocycles. The Labute approximate surface area is 110 Å². The van der Waals surface area contributed by atoms with E-state index in [2.05, 4.69) is 10.2 Å². The quantitative estimate of drug-likeness (QED) is 0.787. The fourth-order valence-electron chi connectivity index (χ4n) is 1.74. The van der Waals surface area contributed by atoms with Crippen molar-refractivity contribution in [1.29, 1.82) is 0 Å². The summed E-state index contributed by atoms with van der Waals surface area (Å²) in [6.45, 7) is 0.00789. The van der Waals surface area contributed by atoms with E-state index in [1.54, 1.807) is 30.3 Å². The molecule has 6 nitrogen and oxygen atoms in total. The first-order valence-corrected chi connectivity index (χ1v) is 5.78. The van der Waals surface area contributed by atoms with Crippen molar-refractivity contribution in [2.45, 2.75) is 0 Å². The minimum Gasteiger partial charge on any atom is -0.397 e. The molecule has 2 rings (SSSR count). The van der Waals surface area contributed by atoms with Gasteiger partial charge in [-0.1, -0.05) is 12.1 Å². The normalized spacial score (nSPS) is 10.2. The van der Waals surface area contributed by atoms with E-state index in [0.29, 0.717) is 16.9 Å². The smallest absolute Gasteiger partial charge is 0.260 e. The molecule has 19 heavy (non-hydrogen) atoms. The van der Waals surface area contributed by atoms with Gasteiger partial charge in [0.2, 0.25) is 0 Å². The van der Waals surface area contributed by atoms with E-state index in [-0.39, 0.29) is 19.1 Å². The molecule has 0 aliphatic rings. The number of benzene rings is 1. The monoisotopic (exact) mass is 258 g/mol. The summed E-state index contributed by atoms with van der Waals surface area (Å²) in [6, 6.07) is 8.58. The van der Waals surface area contributed by atoms with E-state index >= 15 is 0 Å². The molecule has 98 valence electrons. The van der Waals surface area contributed by atoms with Crippen molar-refractivity contribution in [2.24, 2.45) is 0 Å². The maximum atomic E-state index is 12.4. The van der Waals surface area contributed by atoms with Crippen LogP contribution in [0.4, 0.5) is 11.4 Å². The van der Waals surface area contributed by atoms with Gasteiger partial charge in [-0.25, -0.2) is 0 Å². The summed E-state index contributed by atoms with van der Waals surface area (Å²) >= 11 is 0. The molecule has 2 aromatic rings. The van der Waals surface area contributed by atoms with Gasteiger partial charge in [0.05, 0.1) is 35.9 Å². The molecule has 0 bridgehead atoms. The molecule has 0 fully saturated rings. The first-order valence-electron chi connectivity index (χ1n) is 5.78. The highest BCUT2D eigenvalue weighted by Gasteiger charge is 2.19. The number of rotatable bonds is 4. The van der Waals surface area contributed by atoms with E-state index < -0.39 is 0 Å². The van der Waals surface area contributed by atoms with Crippen molar-refractivity contribution >= 4 is 17.3 Å². The Bertz CT molecular complexity index is 560. The number of aliphatic hydroxyl groups is 1. The third-order valence-electron chi connectivity index (χ3n) is 2.63. The standard InChI is InChI=1S/C13H14N4O2/c14-11-3-1-2-4-12(11)17(7-8-18)13(19)10-5-6-15-16-9-10/h1-6,9,18H,7-8,14H2. The Hall–Kier alpha value is -2.47. The van der Waals surface area contributed by atoms with Crippen LogP contribution in [-0.2, 0) is 0 Å². The zero-order valence-electron chi connectivity index (χ0n) is 10.2. The highest BCUT2D eigenvalue weighted by atomic mass is 16.3. The lowest BCUT2D eigenvalue weighted by atomic mass is 10.2. The predicted octanol–water partition coefficient (Wildman–Crippen LogP) is 0.698. The van der Waals surface area contributed by atoms with Gasteiger partial charge in [-0.15, -0.1) is 0 Å². The second kappa shape index (κ2) is 5.92. The third-order valence-corrected chi connectivity index (χ3v) is 2.63. The van der Waals surface area contributed by atoms with Crippen LogP contribution >= 0.6 is 0 Å². The Morgan fingerprint density at radius 2 is 2.05 bits per heavy atom. The number of amides is 1. The number of aromatic nitrogens is 2. The summed E-state index contributed by atoms with van der Waals surface area (Å²) in [4.78, 5) is 13.8. The summed E-state index contributed by atoms with van der Waals surface area (Å²) < 4.78 is 0. The van der Waals surface area contributed by atoms with Gasteiger partial charge in [0.15, 0.2) is 0 Å². The van der Waals surface area contributed by atoms with E-state index in [1.807, 2.05) is 0 Å². The number of carbonyl (C=O) groups is 1. The van der Waals surface area contributed by atoms with Gasteiger partial charge in [-0.2, -0.15) is 10.2 Å². The number of carbonyl (C=O) groups excluding carboxylic acids is 1. The maximum Gasteiger partial charge on any atom is 0.260 e. The number of hydrogen-bond acceptors (Lipinski definition) is 5. The Kier molecular flexibility index (Phi) is 4.04. The first kappa shape index (κ1) is 13.0. The van der Waals surface area contributed by atoms with Crippen LogP contribution in [0.1, 0.15) is 10.4 Å². The van der Waals surface area contributed by atoms with Crippen LogP contribution in [0.2, 0.25) is 0 Å². The van der Waals surface area contributed by atoms with E-state index in [4.69, 9.17) is 10.8 Å². The number of nitrogen functional groups attached to an aromatic ring is 1. The zero-order chi connectivity index (χ0) is 13.7. The van der Waals surface area contributed by atoms with Crippen molar-refractivity contribution < 1.29 is 9.90 Å². The summed E-state index contributed by atoms with van der Waals surface area (Å²) in [5, 5.41) is 16.4. The molecule has 0 unspecified atom stereocenters. The molecule has 0 aliphatic carbocycles. The molecule has 1 amide bonds. The average Bonchev–Trinajstić information content (AvgIpc) is 2.46. The molecule has 0 saturated heterocycles. The number of anilines is 2. The summed E-state index contributed by atoms with van der Waals surface area (Å²) in [6.07, 6.45) is 2.82. The van der Waals surface area contributed by atoms with Gasteiger partial charge in [0.1, 0.15) is 0 Å². The van der Waals surface area contributed by atoms with Crippen LogP contribution in [0.25, 0.3) is 0 Å². The topological polar surface area (TPSA) is 92.3 Å². The summed E-state index contributed by atoms with van der Waals surface area (Å²) in [5.41, 5.74) is 7.31. The van der Waals surface area contributed by atoms with Gasteiger partial charge in [0.25, 0.3) is 5.91 Å². The number of para-hydroxylation sites is 2. The fourth-order valence-corrected chi connectivity index (χ4v) is 1.74. The lowest BCUT2D eigenvalue weighted by molar-refractivity contribution is 0.0980. The second-order valence-electron chi connectivity index (χ2n) is 3.87. The van der Waals surface area contributed by atoms with Gasteiger partial charge >= 0.3 is 0 Å². The lowest BCUT2D eigenvalue weighted by Gasteiger charge is -2.23. The molecule has 1 aromatic carbocycles. The van der Waals surface area contributed by atoms with Crippen molar-refractivity contribution in [2.75, 3.05) is 23.8 Å². The molecule has 0 spiro atoms. The zero-order valence-corrected chi connectivity index (χ0v) is 10.2. The summed E-state index contributed by atoms with van der Waals surface area (Å²) in [7, 11) is 0. The molecular weight excluding hydrogens is 244 g/mol. The van der Waals surface area contributed by atoms with E-state index in [1.165, 1.54) is 17.3 Å². The van der Waals surface area contributed by atoms with Gasteiger partial charge in [-0.3, -0.25) is 4.79 Å². The molecule has 1 aromatic heterocycles. The minimum atomic E-state index is -0.276. The third kappa shape index (κ3) is 2.86. The molecule has 0 aliphatic heterocycles. The highest BCUT2D eigenvalue weighted by molar-refractivity contribution is 6.07. The van der Waals surface area contributed by atoms with Crippen molar-refractivity contribution in [3.05, 3.63) is 48.3 Å². The highest BCUT2D eigenvalue weighted by Crippen LogP contribution is 2.23. The number of aliphatic hydroxyl groups excluding tert-OH is 1. The van der Waals surface area contributed by atoms with E-state index in [9.17, 15) is 4.79 Å². The SMILES string of the molecule is Nc1ccccc1N(CCO)C(=O)c1ccnnc1. The van der Waals surface area contributed by atoms with Crippen LogP contribution in [0, 0.1) is 0 Å². The van der Waals surface area contributed by atoms with Crippen molar-refractivity contribution in [1.82, 2.24) is 10.2 Å². The average molecular weight is 258 g/mol. The van der Waals surface area contributed by atoms with Crippen molar-refractivity contribution in [3.8, 4) is 0 Å². The Balaban J connectivity index is 2.36. The molecule has 0 atom stereocenters. The lowest BCUT2D eigenvalue weighted by Crippen LogP contribution is -2.34. The fraction of sp³-hybridized carbons (Fsp3) is 0.154. The second-order valence-corrected chi connectivity index (χ2v) is 3.87. The van der Waals surface area contributed by atoms with Gasteiger partial charge < -0.3 is 15.7 Å². The molecule has 1 heterocycles. The maximum absolute atomic E-state index is 12.4. The van der Waals surface area contributed by atoms with Crippen LogP contribution in [0.15, 0.2) is 42.7 Å². The Morgan fingerprint density at radius 3 is 2.68 bits per heavy atom. The van der Waals surface area contributed by atoms with Crippen LogP contribution in [0.5, 0.6) is 0 Å². The molecule has 6 heteroatoms. The predicted molar refractivity (Wildman–Crippen MR) is 71.6 cm³/mol. The molecular formula is C13H14N4O2. The van der Waals surface area contributed by atoms with Gasteiger partial charge in [0, 0.05) is 6.54 Å². The number of nitrogens with two attached hydrogens (primary N) is 1. The minimum absolute atomic E-state index is 0.154. The first-order chi connectivity index (χ1) is 9.24.